The number of Topliss-reactive ketones (excluding diaryl/α,β-unsaturated/α-hetero) is 1. The summed E-state index contributed by atoms with van der Waals surface area (Å²) in [6, 6.07) is 9.69. The maximum Gasteiger partial charge on any atom is 0.166 e. The number of hydrogen-bond donors (Lipinski definition) is 0. The third-order valence-corrected chi connectivity index (χ3v) is 3.67. The molecule has 1 unspecified atom stereocenters. The summed E-state index contributed by atoms with van der Waals surface area (Å²) >= 11 is 0. The van der Waals surface area contributed by atoms with Gasteiger partial charge < -0.3 is 0 Å². The van der Waals surface area contributed by atoms with Crippen molar-refractivity contribution in [2.75, 3.05) is 0 Å². The fraction of sp³-hybridized carbons (Fsp3) is 0.357. The number of benzene rings is 1. The first-order valence-corrected chi connectivity index (χ1v) is 5.62. The highest BCUT2D eigenvalue weighted by Crippen LogP contribution is 2.44. The van der Waals surface area contributed by atoms with E-state index in [1.54, 1.807) is 0 Å². The molecule has 0 amide bonds. The lowest BCUT2D eigenvalue weighted by atomic mass is 9.86. The van der Waals surface area contributed by atoms with Crippen LogP contribution in [0.15, 0.2) is 42.5 Å². The molecule has 1 saturated carbocycles. The summed E-state index contributed by atoms with van der Waals surface area (Å²) < 4.78 is 0. The predicted octanol–water partition coefficient (Wildman–Crippen LogP) is 3.08. The summed E-state index contributed by atoms with van der Waals surface area (Å²) in [5.74, 6) is 1.78. The van der Waals surface area contributed by atoms with Crippen molar-refractivity contribution < 1.29 is 4.79 Å². The lowest BCUT2D eigenvalue weighted by Gasteiger charge is -2.16. The van der Waals surface area contributed by atoms with E-state index in [-0.39, 0.29) is 5.92 Å². The summed E-state index contributed by atoms with van der Waals surface area (Å²) in [6.45, 7) is 0. The van der Waals surface area contributed by atoms with Gasteiger partial charge in [-0.3, -0.25) is 4.79 Å². The van der Waals surface area contributed by atoms with E-state index in [4.69, 9.17) is 0 Å². The lowest BCUT2D eigenvalue weighted by molar-refractivity contribution is 0.0901. The van der Waals surface area contributed by atoms with Crippen LogP contribution in [0.1, 0.15) is 23.2 Å². The van der Waals surface area contributed by atoms with Crippen molar-refractivity contribution in [3.63, 3.8) is 0 Å². The minimum Gasteiger partial charge on any atom is -0.294 e. The molecule has 2 bridgehead atoms. The molecular formula is C14H14O. The summed E-state index contributed by atoms with van der Waals surface area (Å²) in [5, 5.41) is 0. The molecule has 1 nitrogen and oxygen atoms in total. The molecule has 1 aromatic carbocycles. The number of rotatable bonds is 2. The Morgan fingerprint density at radius 3 is 2.47 bits per heavy atom. The van der Waals surface area contributed by atoms with Gasteiger partial charge >= 0.3 is 0 Å². The van der Waals surface area contributed by atoms with E-state index in [0.29, 0.717) is 17.6 Å². The van der Waals surface area contributed by atoms with Crippen LogP contribution >= 0.6 is 0 Å². The zero-order valence-electron chi connectivity index (χ0n) is 8.60. The van der Waals surface area contributed by atoms with Gasteiger partial charge in [-0.2, -0.15) is 0 Å². The average molecular weight is 198 g/mol. The van der Waals surface area contributed by atoms with Crippen molar-refractivity contribution in [3.8, 4) is 0 Å². The van der Waals surface area contributed by atoms with Crippen molar-refractivity contribution in [2.45, 2.75) is 12.8 Å². The number of fused-ring (bicyclic) bond motifs is 2. The molecule has 1 heteroatoms. The zero-order valence-corrected chi connectivity index (χ0v) is 8.60. The molecule has 0 radical (unpaired) electrons. The molecule has 1 aromatic rings. The molecule has 76 valence electrons. The van der Waals surface area contributed by atoms with Crippen LogP contribution in [0, 0.1) is 17.8 Å². The van der Waals surface area contributed by atoms with E-state index in [1.165, 1.54) is 6.42 Å². The Bertz CT molecular complexity index is 405. The van der Waals surface area contributed by atoms with Crippen LogP contribution in [0.25, 0.3) is 0 Å². The van der Waals surface area contributed by atoms with Crippen molar-refractivity contribution in [2.24, 2.45) is 17.8 Å². The maximum atomic E-state index is 12.2. The Morgan fingerprint density at radius 2 is 1.87 bits per heavy atom. The third-order valence-electron chi connectivity index (χ3n) is 3.67. The summed E-state index contributed by atoms with van der Waals surface area (Å²) in [6.07, 6.45) is 6.78. The first kappa shape index (κ1) is 8.90. The SMILES string of the molecule is O=C(c1ccccc1)C1C[C@H]2C=C[C@@H]1C2. The van der Waals surface area contributed by atoms with Gasteiger partial charge in [0.05, 0.1) is 0 Å². The van der Waals surface area contributed by atoms with Gasteiger partial charge in [-0.05, 0) is 24.7 Å². The average Bonchev–Trinajstić information content (AvgIpc) is 2.91. The lowest BCUT2D eigenvalue weighted by Crippen LogP contribution is -2.18. The molecular weight excluding hydrogens is 184 g/mol. The second-order valence-corrected chi connectivity index (χ2v) is 4.62. The molecule has 0 aliphatic heterocycles. The van der Waals surface area contributed by atoms with Crippen molar-refractivity contribution in [1.82, 2.24) is 0 Å². The maximum absolute atomic E-state index is 12.2. The summed E-state index contributed by atoms with van der Waals surface area (Å²) in [7, 11) is 0. The predicted molar refractivity (Wildman–Crippen MR) is 59.6 cm³/mol. The van der Waals surface area contributed by atoms with Crippen LogP contribution in [-0.4, -0.2) is 5.78 Å². The highest BCUT2D eigenvalue weighted by molar-refractivity contribution is 5.98. The first-order chi connectivity index (χ1) is 7.34. The Hall–Kier alpha value is -1.37. The van der Waals surface area contributed by atoms with Crippen LogP contribution in [0.5, 0.6) is 0 Å². The van der Waals surface area contributed by atoms with Gasteiger partial charge in [-0.25, -0.2) is 0 Å². The second kappa shape index (κ2) is 3.34. The molecule has 15 heavy (non-hydrogen) atoms. The molecule has 1 fully saturated rings. The van der Waals surface area contributed by atoms with Gasteiger partial charge in [-0.1, -0.05) is 42.5 Å². The van der Waals surface area contributed by atoms with Gasteiger partial charge in [0.25, 0.3) is 0 Å². The van der Waals surface area contributed by atoms with Crippen LogP contribution in [0.3, 0.4) is 0 Å². The van der Waals surface area contributed by atoms with Crippen LogP contribution in [-0.2, 0) is 0 Å². The van der Waals surface area contributed by atoms with Crippen molar-refractivity contribution in [3.05, 3.63) is 48.0 Å². The quantitative estimate of drug-likeness (QED) is 0.527. The van der Waals surface area contributed by atoms with Gasteiger partial charge in [0.2, 0.25) is 0 Å². The van der Waals surface area contributed by atoms with E-state index in [9.17, 15) is 4.79 Å². The van der Waals surface area contributed by atoms with E-state index >= 15 is 0 Å². The number of carbonyl (C=O) groups is 1. The number of allylic oxidation sites excluding steroid dienone is 2. The Balaban J connectivity index is 1.85. The fourth-order valence-electron chi connectivity index (χ4n) is 2.90. The number of ketones is 1. The van der Waals surface area contributed by atoms with Crippen molar-refractivity contribution in [1.29, 1.82) is 0 Å². The standard InChI is InChI=1S/C14H14O/c15-14(11-4-2-1-3-5-11)13-9-10-6-7-12(13)8-10/h1-7,10,12-13H,8-9H2/t10-,12+,13?/m0/s1. The summed E-state index contributed by atoms with van der Waals surface area (Å²) in [5.41, 5.74) is 0.878. The summed E-state index contributed by atoms with van der Waals surface area (Å²) in [4.78, 5) is 12.2. The van der Waals surface area contributed by atoms with E-state index in [1.807, 2.05) is 30.3 Å². The number of carbonyl (C=O) groups excluding carboxylic acids is 1. The molecule has 0 spiro atoms. The Kier molecular flexibility index (Phi) is 1.98. The van der Waals surface area contributed by atoms with Crippen LogP contribution in [0.2, 0.25) is 0 Å². The van der Waals surface area contributed by atoms with Crippen molar-refractivity contribution >= 4 is 5.78 Å². The fourth-order valence-corrected chi connectivity index (χ4v) is 2.90. The Morgan fingerprint density at radius 1 is 1.07 bits per heavy atom. The van der Waals surface area contributed by atoms with E-state index < -0.39 is 0 Å². The smallest absolute Gasteiger partial charge is 0.166 e. The second-order valence-electron chi connectivity index (χ2n) is 4.62. The monoisotopic (exact) mass is 198 g/mol. The molecule has 3 rings (SSSR count). The molecule has 2 aliphatic carbocycles. The highest BCUT2D eigenvalue weighted by atomic mass is 16.1. The largest absolute Gasteiger partial charge is 0.294 e. The van der Waals surface area contributed by atoms with Crippen LogP contribution < -0.4 is 0 Å². The topological polar surface area (TPSA) is 17.1 Å². The molecule has 0 N–H and O–H groups in total. The first-order valence-electron chi connectivity index (χ1n) is 5.62. The van der Waals surface area contributed by atoms with E-state index in [2.05, 4.69) is 12.2 Å². The molecule has 0 aromatic heterocycles. The minimum atomic E-state index is 0.252. The zero-order chi connectivity index (χ0) is 10.3. The third kappa shape index (κ3) is 1.43. The van der Waals surface area contributed by atoms with E-state index in [0.717, 1.165) is 12.0 Å². The van der Waals surface area contributed by atoms with Gasteiger partial charge in [0.1, 0.15) is 0 Å². The van der Waals surface area contributed by atoms with Crippen LogP contribution in [0.4, 0.5) is 0 Å². The molecule has 2 aliphatic rings. The van der Waals surface area contributed by atoms with Gasteiger partial charge in [0, 0.05) is 11.5 Å². The molecule has 3 atom stereocenters. The number of hydrogen-bond acceptors (Lipinski definition) is 1. The highest BCUT2D eigenvalue weighted by Gasteiger charge is 2.39. The Labute approximate surface area is 89.8 Å². The minimum absolute atomic E-state index is 0.252. The molecule has 0 saturated heterocycles. The van der Waals surface area contributed by atoms with Gasteiger partial charge in [-0.15, -0.1) is 0 Å². The normalized spacial score (nSPS) is 32.1. The van der Waals surface area contributed by atoms with Gasteiger partial charge in [0.15, 0.2) is 5.78 Å². The molecule has 0 heterocycles.